The Morgan fingerprint density at radius 3 is 2.00 bits per heavy atom. The van der Waals surface area contributed by atoms with Gasteiger partial charge in [-0.25, -0.2) is 0 Å². The first-order valence-corrected chi connectivity index (χ1v) is 10.8. The van der Waals surface area contributed by atoms with Crippen molar-refractivity contribution in [2.75, 3.05) is 0 Å². The Kier molecular flexibility index (Phi) is 10.7. The summed E-state index contributed by atoms with van der Waals surface area (Å²) in [4.78, 5) is 12.8. The number of rotatable bonds is 13. The molecule has 0 N–H and O–H groups in total. The van der Waals surface area contributed by atoms with E-state index in [0.717, 1.165) is 18.4 Å². The van der Waals surface area contributed by atoms with E-state index < -0.39 is 0 Å². The number of carbonyl (C=O) groups is 1. The van der Waals surface area contributed by atoms with Crippen LogP contribution in [0.3, 0.4) is 0 Å². The zero-order chi connectivity index (χ0) is 19.9. The highest BCUT2D eigenvalue weighted by Crippen LogP contribution is 2.17. The summed E-state index contributed by atoms with van der Waals surface area (Å²) in [5.41, 5.74) is 2.32. The fraction of sp³-hybridized carbons (Fsp3) is 0.370. The van der Waals surface area contributed by atoms with Crippen LogP contribution in [0.2, 0.25) is 0 Å². The number of hydrogen-bond donors (Lipinski definition) is 0. The molecule has 148 valence electrons. The minimum atomic E-state index is -0.0455. The standard InChI is InChI=1S/C27H34O/c1-2-3-4-5-6-13-21-27(28)26(23-22-25-17-11-8-12-18-25)20-14-19-24-15-9-7-10-16-24/h7-12,14-19,22-23,26H,2-6,13,20-21H2,1H3/b19-14+,23-22+. The van der Waals surface area contributed by atoms with Crippen molar-refractivity contribution >= 4 is 17.9 Å². The van der Waals surface area contributed by atoms with Gasteiger partial charge in [0, 0.05) is 12.3 Å². The van der Waals surface area contributed by atoms with Crippen LogP contribution in [0.15, 0.2) is 72.8 Å². The number of benzene rings is 2. The van der Waals surface area contributed by atoms with Gasteiger partial charge in [-0.2, -0.15) is 0 Å². The number of allylic oxidation sites excluding steroid dienone is 2. The molecule has 0 fully saturated rings. The summed E-state index contributed by atoms with van der Waals surface area (Å²) in [6, 6.07) is 20.5. The maximum Gasteiger partial charge on any atom is 0.140 e. The summed E-state index contributed by atoms with van der Waals surface area (Å²) >= 11 is 0. The summed E-state index contributed by atoms with van der Waals surface area (Å²) in [5, 5.41) is 0. The molecule has 0 saturated heterocycles. The molecule has 0 aliphatic heterocycles. The van der Waals surface area contributed by atoms with Gasteiger partial charge >= 0.3 is 0 Å². The second-order valence-corrected chi connectivity index (χ2v) is 7.41. The third kappa shape index (κ3) is 8.99. The van der Waals surface area contributed by atoms with Crippen LogP contribution in [-0.4, -0.2) is 5.78 Å². The van der Waals surface area contributed by atoms with E-state index in [4.69, 9.17) is 0 Å². The lowest BCUT2D eigenvalue weighted by atomic mass is 9.94. The average Bonchev–Trinajstić information content (AvgIpc) is 2.74. The van der Waals surface area contributed by atoms with Gasteiger partial charge in [-0.05, 0) is 24.0 Å². The van der Waals surface area contributed by atoms with Gasteiger partial charge in [0.2, 0.25) is 0 Å². The lowest BCUT2D eigenvalue weighted by Gasteiger charge is -2.10. The third-order valence-electron chi connectivity index (χ3n) is 5.01. The van der Waals surface area contributed by atoms with Crippen molar-refractivity contribution in [1.29, 1.82) is 0 Å². The van der Waals surface area contributed by atoms with E-state index in [1.807, 2.05) is 36.4 Å². The van der Waals surface area contributed by atoms with Gasteiger partial charge in [-0.3, -0.25) is 4.79 Å². The second-order valence-electron chi connectivity index (χ2n) is 7.41. The van der Waals surface area contributed by atoms with Gasteiger partial charge < -0.3 is 0 Å². The summed E-state index contributed by atoms with van der Waals surface area (Å²) in [7, 11) is 0. The molecule has 1 heteroatoms. The van der Waals surface area contributed by atoms with Gasteiger partial charge in [0.1, 0.15) is 5.78 Å². The molecule has 2 aromatic carbocycles. The first-order chi connectivity index (χ1) is 13.8. The molecular formula is C27H34O. The smallest absolute Gasteiger partial charge is 0.140 e. The molecule has 1 atom stereocenters. The monoisotopic (exact) mass is 374 g/mol. The van der Waals surface area contributed by atoms with Crippen molar-refractivity contribution in [3.63, 3.8) is 0 Å². The maximum absolute atomic E-state index is 12.8. The van der Waals surface area contributed by atoms with E-state index in [1.165, 1.54) is 37.7 Å². The molecule has 0 bridgehead atoms. The lowest BCUT2D eigenvalue weighted by Crippen LogP contribution is -2.11. The summed E-state index contributed by atoms with van der Waals surface area (Å²) in [5.74, 6) is 0.316. The molecule has 1 nitrogen and oxygen atoms in total. The van der Waals surface area contributed by atoms with E-state index in [2.05, 4.69) is 55.5 Å². The largest absolute Gasteiger partial charge is 0.299 e. The van der Waals surface area contributed by atoms with Crippen LogP contribution in [0, 0.1) is 5.92 Å². The molecule has 0 saturated carbocycles. The van der Waals surface area contributed by atoms with Crippen molar-refractivity contribution in [2.45, 2.75) is 58.3 Å². The van der Waals surface area contributed by atoms with Crippen molar-refractivity contribution in [3.05, 3.63) is 83.9 Å². The van der Waals surface area contributed by atoms with E-state index in [9.17, 15) is 4.79 Å². The predicted molar refractivity (Wildman–Crippen MR) is 122 cm³/mol. The summed E-state index contributed by atoms with van der Waals surface area (Å²) in [6.45, 7) is 2.23. The molecule has 2 aromatic rings. The van der Waals surface area contributed by atoms with Crippen LogP contribution in [-0.2, 0) is 4.79 Å². The molecule has 0 aliphatic rings. The fourth-order valence-corrected chi connectivity index (χ4v) is 3.29. The molecular weight excluding hydrogens is 340 g/mol. The molecule has 0 aromatic heterocycles. The highest BCUT2D eigenvalue weighted by Gasteiger charge is 2.13. The van der Waals surface area contributed by atoms with Crippen molar-refractivity contribution in [2.24, 2.45) is 5.92 Å². The van der Waals surface area contributed by atoms with E-state index >= 15 is 0 Å². The highest BCUT2D eigenvalue weighted by atomic mass is 16.1. The maximum atomic E-state index is 12.8. The van der Waals surface area contributed by atoms with E-state index in [0.29, 0.717) is 12.2 Å². The second kappa shape index (κ2) is 13.7. The number of ketones is 1. The Morgan fingerprint density at radius 2 is 1.36 bits per heavy atom. The topological polar surface area (TPSA) is 17.1 Å². The minimum absolute atomic E-state index is 0.0455. The number of hydrogen-bond acceptors (Lipinski definition) is 1. The summed E-state index contributed by atoms with van der Waals surface area (Å²) < 4.78 is 0. The van der Waals surface area contributed by atoms with Crippen LogP contribution in [0.25, 0.3) is 12.2 Å². The third-order valence-corrected chi connectivity index (χ3v) is 5.01. The normalized spacial score (nSPS) is 12.6. The Balaban J connectivity index is 1.91. The van der Waals surface area contributed by atoms with Crippen LogP contribution in [0.5, 0.6) is 0 Å². The van der Waals surface area contributed by atoms with Gasteiger partial charge in [0.15, 0.2) is 0 Å². The Morgan fingerprint density at radius 1 is 0.786 bits per heavy atom. The number of Topliss-reactive ketones (excluding diaryl/α,β-unsaturated/α-hetero) is 1. The molecule has 0 aliphatic carbocycles. The van der Waals surface area contributed by atoms with Crippen LogP contribution in [0.4, 0.5) is 0 Å². The molecule has 0 radical (unpaired) electrons. The van der Waals surface area contributed by atoms with Gasteiger partial charge in [0.05, 0.1) is 0 Å². The molecule has 0 amide bonds. The molecule has 28 heavy (non-hydrogen) atoms. The fourth-order valence-electron chi connectivity index (χ4n) is 3.29. The molecule has 0 spiro atoms. The van der Waals surface area contributed by atoms with Crippen molar-refractivity contribution in [3.8, 4) is 0 Å². The van der Waals surface area contributed by atoms with Gasteiger partial charge in [-0.1, -0.05) is 124 Å². The predicted octanol–water partition coefficient (Wildman–Crippen LogP) is 7.74. The summed E-state index contributed by atoms with van der Waals surface area (Å²) in [6.07, 6.45) is 17.2. The number of carbonyl (C=O) groups excluding carboxylic acids is 1. The van der Waals surface area contributed by atoms with Crippen LogP contribution >= 0.6 is 0 Å². The molecule has 1 unspecified atom stereocenters. The zero-order valence-electron chi connectivity index (χ0n) is 17.2. The quantitative estimate of drug-likeness (QED) is 0.328. The molecule has 2 rings (SSSR count). The van der Waals surface area contributed by atoms with Crippen molar-refractivity contribution in [1.82, 2.24) is 0 Å². The molecule has 0 heterocycles. The Hall–Kier alpha value is -2.41. The van der Waals surface area contributed by atoms with E-state index in [-0.39, 0.29) is 5.92 Å². The SMILES string of the molecule is CCCCCCCCC(=O)C(/C=C/c1ccccc1)C/C=C/c1ccccc1. The van der Waals surface area contributed by atoms with Gasteiger partial charge in [0.25, 0.3) is 0 Å². The highest BCUT2D eigenvalue weighted by molar-refractivity contribution is 5.83. The number of unbranched alkanes of at least 4 members (excludes halogenated alkanes) is 5. The Labute approximate surface area is 171 Å². The Bertz CT molecular complexity index is 712. The lowest BCUT2D eigenvalue weighted by molar-refractivity contribution is -0.121. The first-order valence-electron chi connectivity index (χ1n) is 10.8. The van der Waals surface area contributed by atoms with Gasteiger partial charge in [-0.15, -0.1) is 0 Å². The minimum Gasteiger partial charge on any atom is -0.299 e. The van der Waals surface area contributed by atoms with Crippen LogP contribution in [0.1, 0.15) is 69.4 Å². The van der Waals surface area contributed by atoms with Crippen LogP contribution < -0.4 is 0 Å². The first kappa shape index (κ1) is 21.9. The van der Waals surface area contributed by atoms with E-state index in [1.54, 1.807) is 0 Å². The average molecular weight is 375 g/mol. The van der Waals surface area contributed by atoms with Crippen molar-refractivity contribution < 1.29 is 4.79 Å². The zero-order valence-corrected chi connectivity index (χ0v) is 17.2.